The minimum atomic E-state index is -0.687. The number of hydrogen-bond acceptors (Lipinski definition) is 5. The first-order valence-corrected chi connectivity index (χ1v) is 10.2. The Kier molecular flexibility index (Phi) is 5.20. The lowest BCUT2D eigenvalue weighted by Crippen LogP contribution is -2.52. The SMILES string of the molecule is Cc1cc2c(cc1Cl)C(=O)CC1(CCN(C(=O)c3ccc(Cl)cc3[N+](=O)[O-])CC1)O2. The van der Waals surface area contributed by atoms with Gasteiger partial charge in [0.2, 0.25) is 0 Å². The number of halogens is 2. The Hall–Kier alpha value is -2.64. The molecule has 0 aliphatic carbocycles. The number of rotatable bonds is 2. The summed E-state index contributed by atoms with van der Waals surface area (Å²) in [6.07, 6.45) is 1.11. The first-order valence-electron chi connectivity index (χ1n) is 9.45. The van der Waals surface area contributed by atoms with E-state index in [-0.39, 0.29) is 28.5 Å². The van der Waals surface area contributed by atoms with Gasteiger partial charge in [-0.1, -0.05) is 23.2 Å². The summed E-state index contributed by atoms with van der Waals surface area (Å²) in [5, 5.41) is 12.0. The molecule has 2 aliphatic heterocycles. The van der Waals surface area contributed by atoms with Crippen molar-refractivity contribution in [3.05, 3.63) is 67.2 Å². The van der Waals surface area contributed by atoms with E-state index < -0.39 is 16.4 Å². The van der Waals surface area contributed by atoms with Gasteiger partial charge >= 0.3 is 0 Å². The van der Waals surface area contributed by atoms with Crippen molar-refractivity contribution in [2.45, 2.75) is 31.8 Å². The lowest BCUT2D eigenvalue weighted by atomic mass is 9.82. The van der Waals surface area contributed by atoms with Crippen LogP contribution in [-0.4, -0.2) is 40.2 Å². The number of likely N-dealkylation sites (tertiary alicyclic amines) is 1. The molecule has 2 aromatic carbocycles. The van der Waals surface area contributed by atoms with E-state index in [1.807, 2.05) is 6.92 Å². The molecule has 156 valence electrons. The summed E-state index contributed by atoms with van der Waals surface area (Å²) in [6.45, 7) is 2.50. The number of ether oxygens (including phenoxy) is 1. The first-order chi connectivity index (χ1) is 14.2. The number of ketones is 1. The van der Waals surface area contributed by atoms with Crippen LogP contribution in [0.25, 0.3) is 0 Å². The summed E-state index contributed by atoms with van der Waals surface area (Å²) < 4.78 is 6.23. The Morgan fingerprint density at radius 1 is 1.20 bits per heavy atom. The molecule has 0 N–H and O–H groups in total. The Morgan fingerprint density at radius 3 is 2.57 bits per heavy atom. The maximum atomic E-state index is 12.9. The van der Waals surface area contributed by atoms with Crippen molar-refractivity contribution in [3.63, 3.8) is 0 Å². The summed E-state index contributed by atoms with van der Waals surface area (Å²) in [4.78, 5) is 37.9. The molecule has 0 bridgehead atoms. The summed E-state index contributed by atoms with van der Waals surface area (Å²) in [7, 11) is 0. The normalized spacial score (nSPS) is 17.4. The smallest absolute Gasteiger partial charge is 0.283 e. The molecule has 1 amide bonds. The highest BCUT2D eigenvalue weighted by Crippen LogP contribution is 2.41. The third kappa shape index (κ3) is 3.63. The maximum Gasteiger partial charge on any atom is 0.283 e. The second-order valence-corrected chi connectivity index (χ2v) is 8.54. The number of nitro benzene ring substituents is 1. The number of benzene rings is 2. The Labute approximate surface area is 182 Å². The van der Waals surface area contributed by atoms with Gasteiger partial charge in [0.25, 0.3) is 11.6 Å². The molecule has 1 spiro atoms. The quantitative estimate of drug-likeness (QED) is 0.483. The van der Waals surface area contributed by atoms with Crippen molar-refractivity contribution < 1.29 is 19.2 Å². The van der Waals surface area contributed by atoms with Crippen LogP contribution < -0.4 is 4.74 Å². The van der Waals surface area contributed by atoms with Crippen molar-refractivity contribution in [1.82, 2.24) is 4.90 Å². The topological polar surface area (TPSA) is 89.8 Å². The van der Waals surface area contributed by atoms with Crippen LogP contribution in [0.1, 0.15) is 45.5 Å². The van der Waals surface area contributed by atoms with Crippen LogP contribution in [0.5, 0.6) is 5.75 Å². The van der Waals surface area contributed by atoms with Crippen LogP contribution in [0.4, 0.5) is 5.69 Å². The van der Waals surface area contributed by atoms with Gasteiger partial charge in [-0.05, 0) is 36.8 Å². The first kappa shape index (κ1) is 20.6. The summed E-state index contributed by atoms with van der Waals surface area (Å²) in [6, 6.07) is 7.41. The standard InChI is InChI=1S/C21H18Cl2N2O5/c1-12-8-19-15(10-16(12)23)18(26)11-21(30-19)4-6-24(7-5-21)20(27)14-3-2-13(22)9-17(14)25(28)29/h2-3,8-10H,4-7,11H2,1H3. The monoisotopic (exact) mass is 448 g/mol. The van der Waals surface area contributed by atoms with Crippen LogP contribution in [0.3, 0.4) is 0 Å². The van der Waals surface area contributed by atoms with Gasteiger partial charge in [-0.25, -0.2) is 0 Å². The maximum absolute atomic E-state index is 12.9. The van der Waals surface area contributed by atoms with Crippen LogP contribution in [0.2, 0.25) is 10.0 Å². The van der Waals surface area contributed by atoms with E-state index in [0.29, 0.717) is 42.3 Å². The summed E-state index contributed by atoms with van der Waals surface area (Å²) >= 11 is 12.0. The molecule has 1 saturated heterocycles. The summed E-state index contributed by atoms with van der Waals surface area (Å²) in [5.41, 5.74) is 0.289. The molecule has 1 fully saturated rings. The number of carbonyl (C=O) groups is 2. The Balaban J connectivity index is 1.53. The number of piperidine rings is 1. The zero-order valence-electron chi connectivity index (χ0n) is 16.1. The predicted molar refractivity (Wildman–Crippen MR) is 112 cm³/mol. The minimum absolute atomic E-state index is 0.00315. The second kappa shape index (κ2) is 7.56. The number of aryl methyl sites for hydroxylation is 1. The molecule has 2 heterocycles. The lowest BCUT2D eigenvalue weighted by Gasteiger charge is -2.44. The number of nitrogens with zero attached hydrogens (tertiary/aromatic N) is 2. The predicted octanol–water partition coefficient (Wildman–Crippen LogP) is 4.85. The molecule has 2 aliphatic rings. The number of carbonyl (C=O) groups excluding carboxylic acids is 2. The van der Waals surface area contributed by atoms with Crippen molar-refractivity contribution in [2.24, 2.45) is 0 Å². The van der Waals surface area contributed by atoms with Crippen LogP contribution in [-0.2, 0) is 0 Å². The highest BCUT2D eigenvalue weighted by Gasteiger charge is 2.44. The number of fused-ring (bicyclic) bond motifs is 1. The zero-order valence-corrected chi connectivity index (χ0v) is 17.6. The van der Waals surface area contributed by atoms with Gasteiger partial charge in [0.15, 0.2) is 5.78 Å². The Bertz CT molecular complexity index is 1080. The van der Waals surface area contributed by atoms with Gasteiger partial charge in [0.1, 0.15) is 16.9 Å². The van der Waals surface area contributed by atoms with Crippen molar-refractivity contribution >= 4 is 40.6 Å². The fourth-order valence-corrected chi connectivity index (χ4v) is 4.35. The molecule has 0 aromatic heterocycles. The highest BCUT2D eigenvalue weighted by atomic mass is 35.5. The molecular weight excluding hydrogens is 431 g/mol. The molecular formula is C21H18Cl2N2O5. The van der Waals surface area contributed by atoms with Crippen molar-refractivity contribution in [3.8, 4) is 5.75 Å². The molecule has 9 heteroatoms. The molecule has 2 aromatic rings. The molecule has 0 radical (unpaired) electrons. The summed E-state index contributed by atoms with van der Waals surface area (Å²) in [5.74, 6) is 0.0471. The fraction of sp³-hybridized carbons (Fsp3) is 0.333. The number of Topliss-reactive ketones (excluding diaryl/α,β-unsaturated/α-hetero) is 1. The van der Waals surface area contributed by atoms with Crippen LogP contribution >= 0.6 is 23.2 Å². The highest BCUT2D eigenvalue weighted by molar-refractivity contribution is 6.32. The van der Waals surface area contributed by atoms with E-state index in [9.17, 15) is 19.7 Å². The van der Waals surface area contributed by atoms with Crippen molar-refractivity contribution in [1.29, 1.82) is 0 Å². The van der Waals surface area contributed by atoms with Gasteiger partial charge < -0.3 is 9.64 Å². The molecule has 0 atom stereocenters. The molecule has 0 unspecified atom stereocenters. The van der Waals surface area contributed by atoms with Gasteiger partial charge in [-0.15, -0.1) is 0 Å². The number of nitro groups is 1. The van der Waals surface area contributed by atoms with Gasteiger partial charge in [0.05, 0.1) is 16.9 Å². The largest absolute Gasteiger partial charge is 0.486 e. The Morgan fingerprint density at radius 2 is 1.90 bits per heavy atom. The third-order valence-corrected chi connectivity index (χ3v) is 6.36. The zero-order chi connectivity index (χ0) is 21.6. The van der Waals surface area contributed by atoms with E-state index in [1.165, 1.54) is 18.2 Å². The second-order valence-electron chi connectivity index (χ2n) is 7.69. The van der Waals surface area contributed by atoms with Crippen molar-refractivity contribution in [2.75, 3.05) is 13.1 Å². The number of hydrogen-bond donors (Lipinski definition) is 0. The molecule has 4 rings (SSSR count). The number of amides is 1. The average Bonchev–Trinajstić information content (AvgIpc) is 2.69. The molecule has 7 nitrogen and oxygen atoms in total. The van der Waals surface area contributed by atoms with E-state index in [4.69, 9.17) is 27.9 Å². The van der Waals surface area contributed by atoms with E-state index in [1.54, 1.807) is 17.0 Å². The van der Waals surface area contributed by atoms with E-state index in [0.717, 1.165) is 5.56 Å². The third-order valence-electron chi connectivity index (χ3n) is 5.72. The van der Waals surface area contributed by atoms with Crippen LogP contribution in [0.15, 0.2) is 30.3 Å². The average molecular weight is 449 g/mol. The molecule has 0 saturated carbocycles. The van der Waals surface area contributed by atoms with Crippen LogP contribution in [0, 0.1) is 17.0 Å². The lowest BCUT2D eigenvalue weighted by molar-refractivity contribution is -0.385. The van der Waals surface area contributed by atoms with Gasteiger partial charge in [0, 0.05) is 42.0 Å². The van der Waals surface area contributed by atoms with Gasteiger partial charge in [-0.3, -0.25) is 19.7 Å². The molecule has 30 heavy (non-hydrogen) atoms. The van der Waals surface area contributed by atoms with E-state index >= 15 is 0 Å². The fourth-order valence-electron chi connectivity index (χ4n) is 4.02. The van der Waals surface area contributed by atoms with E-state index in [2.05, 4.69) is 0 Å². The van der Waals surface area contributed by atoms with Gasteiger partial charge in [-0.2, -0.15) is 0 Å². The minimum Gasteiger partial charge on any atom is -0.486 e.